The Labute approximate surface area is 202 Å². The molecule has 1 heterocycles. The number of hydrogen-bond acceptors (Lipinski definition) is 6. The van der Waals surface area contributed by atoms with E-state index in [4.69, 9.17) is 13.9 Å². The summed E-state index contributed by atoms with van der Waals surface area (Å²) in [7, 11) is 0. The van der Waals surface area contributed by atoms with Crippen LogP contribution in [0, 0.1) is 20.8 Å². The number of nitrogens with one attached hydrogen (secondary N) is 1. The third-order valence-corrected chi connectivity index (χ3v) is 5.88. The minimum atomic E-state index is -1.11. The Kier molecular flexibility index (Phi) is 6.96. The van der Waals surface area contributed by atoms with Gasteiger partial charge in [0.1, 0.15) is 17.9 Å². The average Bonchev–Trinajstić information content (AvgIpc) is 2.87. The predicted octanol–water partition coefficient (Wildman–Crippen LogP) is 5.29. The molecule has 1 N–H and O–H groups in total. The third kappa shape index (κ3) is 5.24. The van der Waals surface area contributed by atoms with E-state index in [-0.39, 0.29) is 12.4 Å². The molecule has 0 aliphatic rings. The zero-order valence-corrected chi connectivity index (χ0v) is 19.7. The minimum absolute atomic E-state index is 0.0603. The number of carbonyl (C=O) groups excluding carboxylic acids is 2. The van der Waals surface area contributed by atoms with Gasteiger partial charge >= 0.3 is 17.7 Å². The first kappa shape index (κ1) is 23.8. The van der Waals surface area contributed by atoms with E-state index in [1.54, 1.807) is 56.3 Å². The van der Waals surface area contributed by atoms with Gasteiger partial charge in [-0.25, -0.2) is 14.4 Å². The van der Waals surface area contributed by atoms with Gasteiger partial charge in [-0.1, -0.05) is 60.7 Å². The molecule has 1 unspecified atom stereocenters. The largest absolute Gasteiger partial charge is 0.445 e. The van der Waals surface area contributed by atoms with E-state index in [1.807, 2.05) is 37.3 Å². The van der Waals surface area contributed by atoms with Crippen molar-refractivity contribution >= 4 is 23.0 Å². The molecule has 1 aromatic heterocycles. The maximum atomic E-state index is 13.2. The Balaban J connectivity index is 1.57. The third-order valence-electron chi connectivity index (χ3n) is 5.88. The zero-order chi connectivity index (χ0) is 24.9. The molecule has 0 fully saturated rings. The SMILES string of the molecule is Cc1c(C)c2ccc(OC(=O)C(NC(=O)OCc3ccccc3)c3ccccc3)c(C)c2oc1=O. The standard InChI is InChI=1S/C28H25NO6/c1-17-18(2)26(30)35-25-19(3)23(15-14-22(17)25)34-27(31)24(21-12-8-5-9-13-21)29-28(32)33-16-20-10-6-4-7-11-20/h4-15,24H,16H2,1-3H3,(H,29,32). The van der Waals surface area contributed by atoms with Gasteiger partial charge in [0.15, 0.2) is 6.04 Å². The van der Waals surface area contributed by atoms with Crippen molar-refractivity contribution in [3.05, 3.63) is 111 Å². The maximum absolute atomic E-state index is 13.2. The molecule has 0 spiro atoms. The van der Waals surface area contributed by atoms with Crippen LogP contribution in [0.2, 0.25) is 0 Å². The first-order valence-corrected chi connectivity index (χ1v) is 11.1. The van der Waals surface area contributed by atoms with Gasteiger partial charge in [0, 0.05) is 16.5 Å². The van der Waals surface area contributed by atoms with E-state index in [0.29, 0.717) is 22.3 Å². The number of esters is 1. The van der Waals surface area contributed by atoms with Crippen LogP contribution in [0.3, 0.4) is 0 Å². The lowest BCUT2D eigenvalue weighted by Crippen LogP contribution is -2.36. The van der Waals surface area contributed by atoms with Gasteiger partial charge in [-0.05, 0) is 49.6 Å². The number of alkyl carbamates (subject to hydrolysis) is 1. The molecule has 35 heavy (non-hydrogen) atoms. The van der Waals surface area contributed by atoms with Crippen LogP contribution in [0.25, 0.3) is 11.0 Å². The van der Waals surface area contributed by atoms with Crippen molar-refractivity contribution in [1.82, 2.24) is 5.32 Å². The molecule has 7 nitrogen and oxygen atoms in total. The second kappa shape index (κ2) is 10.3. The second-order valence-electron chi connectivity index (χ2n) is 8.18. The molecule has 1 atom stereocenters. The Hall–Kier alpha value is -4.39. The monoisotopic (exact) mass is 471 g/mol. The summed E-state index contributed by atoms with van der Waals surface area (Å²) in [6, 6.07) is 20.3. The molecule has 0 radical (unpaired) electrons. The van der Waals surface area contributed by atoms with Crippen LogP contribution in [0.15, 0.2) is 82.0 Å². The second-order valence-corrected chi connectivity index (χ2v) is 8.18. The number of aryl methyl sites for hydroxylation is 2. The fourth-order valence-electron chi connectivity index (χ4n) is 3.71. The number of benzene rings is 3. The molecule has 0 bridgehead atoms. The van der Waals surface area contributed by atoms with Gasteiger partial charge in [-0.2, -0.15) is 0 Å². The van der Waals surface area contributed by atoms with Crippen molar-refractivity contribution in [2.45, 2.75) is 33.4 Å². The van der Waals surface area contributed by atoms with Crippen LogP contribution in [-0.4, -0.2) is 12.1 Å². The minimum Gasteiger partial charge on any atom is -0.445 e. The van der Waals surface area contributed by atoms with Crippen molar-refractivity contribution in [2.24, 2.45) is 0 Å². The van der Waals surface area contributed by atoms with Crippen LogP contribution in [0.1, 0.15) is 33.9 Å². The molecule has 0 aliphatic heterocycles. The van der Waals surface area contributed by atoms with Gasteiger partial charge in [0.2, 0.25) is 0 Å². The molecule has 0 saturated carbocycles. The number of amides is 1. The predicted molar refractivity (Wildman–Crippen MR) is 131 cm³/mol. The lowest BCUT2D eigenvalue weighted by molar-refractivity contribution is -0.136. The van der Waals surface area contributed by atoms with Crippen molar-refractivity contribution in [1.29, 1.82) is 0 Å². The smallest absolute Gasteiger partial charge is 0.408 e. The maximum Gasteiger partial charge on any atom is 0.408 e. The summed E-state index contributed by atoms with van der Waals surface area (Å²) in [5.41, 5.74) is 3.12. The molecular weight excluding hydrogens is 446 g/mol. The van der Waals surface area contributed by atoms with Crippen molar-refractivity contribution in [3.63, 3.8) is 0 Å². The molecule has 0 aliphatic carbocycles. The van der Waals surface area contributed by atoms with Gasteiger partial charge in [0.05, 0.1) is 0 Å². The number of ether oxygens (including phenoxy) is 2. The highest BCUT2D eigenvalue weighted by Gasteiger charge is 2.26. The highest BCUT2D eigenvalue weighted by atomic mass is 16.6. The number of carbonyl (C=O) groups is 2. The first-order valence-electron chi connectivity index (χ1n) is 11.1. The molecular formula is C28H25NO6. The van der Waals surface area contributed by atoms with E-state index >= 15 is 0 Å². The normalized spacial score (nSPS) is 11.6. The van der Waals surface area contributed by atoms with E-state index in [9.17, 15) is 14.4 Å². The highest BCUT2D eigenvalue weighted by molar-refractivity contribution is 5.88. The number of hydrogen-bond donors (Lipinski definition) is 1. The molecule has 0 saturated heterocycles. The van der Waals surface area contributed by atoms with Gasteiger partial charge in [0.25, 0.3) is 0 Å². The van der Waals surface area contributed by atoms with Crippen LogP contribution in [0.5, 0.6) is 5.75 Å². The van der Waals surface area contributed by atoms with Gasteiger partial charge in [-0.15, -0.1) is 0 Å². The Morgan fingerprint density at radius 3 is 2.20 bits per heavy atom. The van der Waals surface area contributed by atoms with E-state index < -0.39 is 23.7 Å². The summed E-state index contributed by atoms with van der Waals surface area (Å²) in [6.07, 6.45) is -0.757. The van der Waals surface area contributed by atoms with Crippen LogP contribution in [-0.2, 0) is 16.1 Å². The summed E-state index contributed by atoms with van der Waals surface area (Å²) in [6.45, 7) is 5.32. The van der Waals surface area contributed by atoms with E-state index in [0.717, 1.165) is 16.5 Å². The molecule has 4 aromatic rings. The fraction of sp³-hybridized carbons (Fsp3) is 0.179. The molecule has 4 rings (SSSR count). The lowest BCUT2D eigenvalue weighted by Gasteiger charge is -2.19. The molecule has 1 amide bonds. The van der Waals surface area contributed by atoms with Crippen LogP contribution < -0.4 is 15.7 Å². The Morgan fingerprint density at radius 1 is 0.857 bits per heavy atom. The summed E-state index contributed by atoms with van der Waals surface area (Å²) in [5, 5.41) is 3.36. The quantitative estimate of drug-likeness (QED) is 0.233. The van der Waals surface area contributed by atoms with Crippen molar-refractivity contribution < 1.29 is 23.5 Å². The van der Waals surface area contributed by atoms with Gasteiger partial charge in [-0.3, -0.25) is 0 Å². The number of fused-ring (bicyclic) bond motifs is 1. The fourth-order valence-corrected chi connectivity index (χ4v) is 3.71. The Bertz CT molecular complexity index is 1430. The van der Waals surface area contributed by atoms with Crippen molar-refractivity contribution in [2.75, 3.05) is 0 Å². The topological polar surface area (TPSA) is 94.8 Å². The molecule has 7 heteroatoms. The lowest BCUT2D eigenvalue weighted by atomic mass is 10.0. The Morgan fingerprint density at radius 2 is 1.51 bits per heavy atom. The summed E-state index contributed by atoms with van der Waals surface area (Å²) in [5.74, 6) is -0.476. The summed E-state index contributed by atoms with van der Waals surface area (Å²) < 4.78 is 16.4. The zero-order valence-electron chi connectivity index (χ0n) is 19.7. The molecule has 3 aromatic carbocycles. The van der Waals surface area contributed by atoms with E-state index in [2.05, 4.69) is 5.32 Å². The average molecular weight is 472 g/mol. The highest BCUT2D eigenvalue weighted by Crippen LogP contribution is 2.30. The van der Waals surface area contributed by atoms with E-state index in [1.165, 1.54) is 0 Å². The summed E-state index contributed by atoms with van der Waals surface area (Å²) >= 11 is 0. The van der Waals surface area contributed by atoms with Crippen molar-refractivity contribution in [3.8, 4) is 5.75 Å². The summed E-state index contributed by atoms with van der Waals surface area (Å²) in [4.78, 5) is 37.9. The van der Waals surface area contributed by atoms with Crippen LogP contribution >= 0.6 is 0 Å². The van der Waals surface area contributed by atoms with Gasteiger partial charge < -0.3 is 19.2 Å². The van der Waals surface area contributed by atoms with Crippen LogP contribution in [0.4, 0.5) is 4.79 Å². The first-order chi connectivity index (χ1) is 16.8. The molecule has 178 valence electrons. The number of rotatable bonds is 6.